The van der Waals surface area contributed by atoms with Crippen LogP contribution in [0, 0.1) is 6.92 Å². The molecule has 0 unspecified atom stereocenters. The Labute approximate surface area is 130 Å². The zero-order valence-corrected chi connectivity index (χ0v) is 13.2. The Balaban J connectivity index is 3.17. The average molecular weight is 304 g/mol. The summed E-state index contributed by atoms with van der Waals surface area (Å²) in [6.45, 7) is 1.98. The minimum absolute atomic E-state index is 0.113. The number of rotatable bonds is 6. The molecular formula is C17H20O5. The average Bonchev–Trinajstić information content (AvgIpc) is 2.54. The first-order valence-electron chi connectivity index (χ1n) is 6.69. The number of carbonyl (C=O) groups is 2. The highest BCUT2D eigenvalue weighted by Gasteiger charge is 2.19. The van der Waals surface area contributed by atoms with Gasteiger partial charge in [-0.3, -0.25) is 4.79 Å². The molecule has 0 saturated heterocycles. The van der Waals surface area contributed by atoms with Crippen LogP contribution in [-0.4, -0.2) is 33.3 Å². The van der Waals surface area contributed by atoms with Gasteiger partial charge in [0.1, 0.15) is 5.76 Å². The fraction of sp³-hybridized carbons (Fsp3) is 0.294. The van der Waals surface area contributed by atoms with Gasteiger partial charge in [-0.05, 0) is 24.1 Å². The van der Waals surface area contributed by atoms with Crippen molar-refractivity contribution in [3.05, 3.63) is 52.8 Å². The van der Waals surface area contributed by atoms with Gasteiger partial charge < -0.3 is 14.2 Å². The van der Waals surface area contributed by atoms with Crippen LogP contribution in [0.25, 0.3) is 6.08 Å². The summed E-state index contributed by atoms with van der Waals surface area (Å²) in [5.41, 5.74) is 2.18. The number of methoxy groups -OCH3 is 3. The van der Waals surface area contributed by atoms with Crippen molar-refractivity contribution in [2.75, 3.05) is 21.3 Å². The lowest BCUT2D eigenvalue weighted by Crippen LogP contribution is -2.13. The molecule has 0 aromatic heterocycles. The maximum Gasteiger partial charge on any atom is 0.338 e. The third-order valence-corrected chi connectivity index (χ3v) is 3.10. The van der Waals surface area contributed by atoms with Crippen LogP contribution in [-0.2, 0) is 23.8 Å². The fourth-order valence-corrected chi connectivity index (χ4v) is 1.83. The van der Waals surface area contributed by atoms with E-state index in [0.717, 1.165) is 11.1 Å². The van der Waals surface area contributed by atoms with Crippen LogP contribution in [0.3, 0.4) is 0 Å². The molecule has 0 bridgehead atoms. The Morgan fingerprint density at radius 3 is 2.27 bits per heavy atom. The lowest BCUT2D eigenvalue weighted by Gasteiger charge is -2.09. The molecule has 0 radical (unpaired) electrons. The second-order valence-corrected chi connectivity index (χ2v) is 4.48. The maximum atomic E-state index is 11.8. The van der Waals surface area contributed by atoms with Crippen LogP contribution in [0.1, 0.15) is 17.5 Å². The van der Waals surface area contributed by atoms with E-state index in [4.69, 9.17) is 9.47 Å². The van der Waals surface area contributed by atoms with Crippen molar-refractivity contribution in [1.82, 2.24) is 0 Å². The molecule has 1 rings (SSSR count). The zero-order chi connectivity index (χ0) is 16.5. The van der Waals surface area contributed by atoms with Crippen molar-refractivity contribution in [3.63, 3.8) is 0 Å². The molecule has 0 aliphatic rings. The predicted molar refractivity (Wildman–Crippen MR) is 82.9 cm³/mol. The number of carbonyl (C=O) groups excluding carboxylic acids is 2. The number of benzene rings is 1. The molecule has 118 valence electrons. The van der Waals surface area contributed by atoms with E-state index in [1.807, 2.05) is 37.3 Å². The first-order valence-corrected chi connectivity index (χ1v) is 6.69. The molecule has 0 fully saturated rings. The van der Waals surface area contributed by atoms with E-state index in [-0.39, 0.29) is 17.8 Å². The van der Waals surface area contributed by atoms with E-state index in [1.54, 1.807) is 6.08 Å². The van der Waals surface area contributed by atoms with Crippen molar-refractivity contribution in [3.8, 4) is 0 Å². The van der Waals surface area contributed by atoms with Gasteiger partial charge in [-0.2, -0.15) is 0 Å². The van der Waals surface area contributed by atoms with E-state index in [0.29, 0.717) is 0 Å². The quantitative estimate of drug-likeness (QED) is 0.350. The predicted octanol–water partition coefficient (Wildman–Crippen LogP) is 2.64. The van der Waals surface area contributed by atoms with Gasteiger partial charge in [0.05, 0.1) is 33.3 Å². The summed E-state index contributed by atoms with van der Waals surface area (Å²) >= 11 is 0. The molecule has 0 spiro atoms. The third kappa shape index (κ3) is 4.77. The Hall–Kier alpha value is -2.56. The summed E-state index contributed by atoms with van der Waals surface area (Å²) in [6, 6.07) is 7.78. The smallest absolute Gasteiger partial charge is 0.338 e. The van der Waals surface area contributed by atoms with Gasteiger partial charge in [-0.1, -0.05) is 30.3 Å². The van der Waals surface area contributed by atoms with E-state index in [1.165, 1.54) is 21.3 Å². The van der Waals surface area contributed by atoms with Gasteiger partial charge in [0.2, 0.25) is 0 Å². The highest BCUT2D eigenvalue weighted by atomic mass is 16.5. The van der Waals surface area contributed by atoms with E-state index in [2.05, 4.69) is 4.74 Å². The summed E-state index contributed by atoms with van der Waals surface area (Å²) < 4.78 is 14.5. The topological polar surface area (TPSA) is 61.8 Å². The number of esters is 2. The second kappa shape index (κ2) is 8.67. The molecule has 0 aliphatic carbocycles. The summed E-state index contributed by atoms with van der Waals surface area (Å²) in [6.07, 6.45) is 3.23. The molecule has 0 heterocycles. The van der Waals surface area contributed by atoms with Gasteiger partial charge in [0.15, 0.2) is 0 Å². The van der Waals surface area contributed by atoms with E-state index < -0.39 is 11.9 Å². The Bertz CT molecular complexity index is 599. The molecular weight excluding hydrogens is 284 g/mol. The van der Waals surface area contributed by atoms with Crippen molar-refractivity contribution >= 4 is 18.0 Å². The van der Waals surface area contributed by atoms with E-state index in [9.17, 15) is 9.59 Å². The molecule has 0 saturated carbocycles. The molecule has 0 atom stereocenters. The number of aryl methyl sites for hydroxylation is 1. The van der Waals surface area contributed by atoms with Crippen LogP contribution < -0.4 is 0 Å². The molecule has 5 nitrogen and oxygen atoms in total. The highest BCUT2D eigenvalue weighted by molar-refractivity contribution is 5.94. The second-order valence-electron chi connectivity index (χ2n) is 4.48. The number of ether oxygens (including phenoxy) is 3. The molecule has 1 aromatic carbocycles. The first-order chi connectivity index (χ1) is 10.5. The van der Waals surface area contributed by atoms with Gasteiger partial charge in [-0.15, -0.1) is 0 Å². The summed E-state index contributed by atoms with van der Waals surface area (Å²) in [5, 5.41) is 0. The Kier molecular flexibility index (Phi) is 6.89. The maximum absolute atomic E-state index is 11.8. The summed E-state index contributed by atoms with van der Waals surface area (Å²) in [4.78, 5) is 23.3. The number of hydrogen-bond acceptors (Lipinski definition) is 5. The van der Waals surface area contributed by atoms with Crippen LogP contribution in [0.2, 0.25) is 0 Å². The molecule has 0 amide bonds. The largest absolute Gasteiger partial charge is 0.496 e. The molecule has 5 heteroatoms. The van der Waals surface area contributed by atoms with Gasteiger partial charge in [0, 0.05) is 0 Å². The van der Waals surface area contributed by atoms with Crippen LogP contribution in [0.4, 0.5) is 0 Å². The van der Waals surface area contributed by atoms with Crippen LogP contribution >= 0.6 is 0 Å². The zero-order valence-electron chi connectivity index (χ0n) is 13.2. The number of allylic oxidation sites excluding steroid dienone is 1. The van der Waals surface area contributed by atoms with Crippen LogP contribution in [0.5, 0.6) is 0 Å². The van der Waals surface area contributed by atoms with Crippen molar-refractivity contribution in [2.45, 2.75) is 13.3 Å². The standard InChI is InChI=1S/C17H20O5/c1-12-7-5-6-8-13(12)9-10-15(20-2)14(17(19)22-4)11-16(18)21-3/h5-10H,11H2,1-4H3/b10-9+,15-14+. The Morgan fingerprint density at radius 1 is 1.05 bits per heavy atom. The molecule has 0 N–H and O–H groups in total. The highest BCUT2D eigenvalue weighted by Crippen LogP contribution is 2.17. The van der Waals surface area contributed by atoms with Crippen LogP contribution in [0.15, 0.2) is 41.7 Å². The molecule has 0 aliphatic heterocycles. The summed E-state index contributed by atoms with van der Waals surface area (Å²) in [7, 11) is 3.93. The SMILES string of the molecule is COC(=O)C/C(C(=O)OC)=C(/C=C/c1ccccc1C)OC. The fourth-order valence-electron chi connectivity index (χ4n) is 1.83. The van der Waals surface area contributed by atoms with Gasteiger partial charge >= 0.3 is 11.9 Å². The van der Waals surface area contributed by atoms with Crippen molar-refractivity contribution in [1.29, 1.82) is 0 Å². The normalized spacial score (nSPS) is 11.8. The lowest BCUT2D eigenvalue weighted by atomic mass is 10.1. The minimum atomic E-state index is -0.628. The molecule has 22 heavy (non-hydrogen) atoms. The lowest BCUT2D eigenvalue weighted by molar-refractivity contribution is -0.143. The minimum Gasteiger partial charge on any atom is -0.496 e. The Morgan fingerprint density at radius 2 is 1.73 bits per heavy atom. The van der Waals surface area contributed by atoms with Gasteiger partial charge in [-0.25, -0.2) is 4.79 Å². The van der Waals surface area contributed by atoms with E-state index >= 15 is 0 Å². The third-order valence-electron chi connectivity index (χ3n) is 3.10. The number of hydrogen-bond donors (Lipinski definition) is 0. The summed E-state index contributed by atoms with van der Waals surface area (Å²) in [5.74, 6) is -0.906. The van der Waals surface area contributed by atoms with Gasteiger partial charge in [0.25, 0.3) is 0 Å². The monoisotopic (exact) mass is 304 g/mol. The molecule has 1 aromatic rings. The van der Waals surface area contributed by atoms with Crippen molar-refractivity contribution < 1.29 is 23.8 Å². The van der Waals surface area contributed by atoms with Crippen molar-refractivity contribution in [2.24, 2.45) is 0 Å². The first kappa shape index (κ1) is 17.5.